The van der Waals surface area contributed by atoms with E-state index in [1.54, 1.807) is 11.1 Å². The Morgan fingerprint density at radius 2 is 1.00 bits per heavy atom. The maximum Gasteiger partial charge on any atom is 0.0641 e. The second kappa shape index (κ2) is 12.1. The molecule has 9 aromatic carbocycles. The molecule has 5 aliphatic carbocycles. The summed E-state index contributed by atoms with van der Waals surface area (Å²) in [5, 5.41) is 10.3. The van der Waals surface area contributed by atoms with Gasteiger partial charge >= 0.3 is 0 Å². The lowest BCUT2D eigenvalue weighted by Gasteiger charge is -2.61. The zero-order chi connectivity index (χ0) is 40.3. The van der Waals surface area contributed by atoms with Crippen molar-refractivity contribution in [3.8, 4) is 33.6 Å². The number of fused-ring (bicyclic) bond motifs is 13. The third-order valence-corrected chi connectivity index (χ3v) is 16.5. The zero-order valence-electron chi connectivity index (χ0n) is 34.6. The second-order valence-electron chi connectivity index (χ2n) is 19.3. The van der Waals surface area contributed by atoms with E-state index in [1.165, 1.54) is 131 Å². The van der Waals surface area contributed by atoms with Crippen LogP contribution >= 0.6 is 0 Å². The van der Waals surface area contributed by atoms with Crippen LogP contribution in [0.3, 0.4) is 0 Å². The average molecular weight is 793 g/mol. The van der Waals surface area contributed by atoms with Crippen LogP contribution in [0.1, 0.15) is 43.2 Å². The molecule has 0 N–H and O–H groups in total. The largest absolute Gasteiger partial charge is 0.309 e. The van der Waals surface area contributed by atoms with Crippen LogP contribution in [-0.4, -0.2) is 9.13 Å². The van der Waals surface area contributed by atoms with Crippen LogP contribution in [0.2, 0.25) is 0 Å². The van der Waals surface area contributed by atoms with Crippen molar-refractivity contribution in [1.29, 1.82) is 0 Å². The third-order valence-electron chi connectivity index (χ3n) is 16.5. The van der Waals surface area contributed by atoms with Crippen molar-refractivity contribution in [3.05, 3.63) is 193 Å². The van der Waals surface area contributed by atoms with E-state index in [0.717, 1.165) is 23.7 Å². The molecule has 0 aliphatic heterocycles. The lowest BCUT2D eigenvalue weighted by Crippen LogP contribution is -2.55. The van der Waals surface area contributed by atoms with Gasteiger partial charge < -0.3 is 9.13 Å². The quantitative estimate of drug-likeness (QED) is 0.169. The lowest BCUT2D eigenvalue weighted by molar-refractivity contribution is -0.0399. The maximum absolute atomic E-state index is 2.67. The number of rotatable bonds is 3. The van der Waals surface area contributed by atoms with Gasteiger partial charge in [0.2, 0.25) is 0 Å². The van der Waals surface area contributed by atoms with Gasteiger partial charge in [-0.2, -0.15) is 0 Å². The highest BCUT2D eigenvalue weighted by Crippen LogP contribution is 2.69. The normalized spacial score (nSPS) is 22.3. The van der Waals surface area contributed by atoms with E-state index in [0.29, 0.717) is 0 Å². The van der Waals surface area contributed by atoms with Gasteiger partial charge in [-0.3, -0.25) is 0 Å². The first-order valence-corrected chi connectivity index (χ1v) is 22.9. The van der Waals surface area contributed by atoms with Crippen molar-refractivity contribution in [2.45, 2.75) is 37.5 Å². The maximum atomic E-state index is 2.67. The van der Waals surface area contributed by atoms with Gasteiger partial charge in [-0.15, -0.1) is 0 Å². The Morgan fingerprint density at radius 1 is 0.371 bits per heavy atom. The van der Waals surface area contributed by atoms with E-state index in [1.807, 2.05) is 0 Å². The van der Waals surface area contributed by atoms with Crippen LogP contribution < -0.4 is 0 Å². The first-order valence-electron chi connectivity index (χ1n) is 22.9. The summed E-state index contributed by atoms with van der Waals surface area (Å²) >= 11 is 0. The van der Waals surface area contributed by atoms with E-state index < -0.39 is 0 Å². The molecule has 1 spiro atoms. The van der Waals surface area contributed by atoms with Crippen LogP contribution in [0, 0.1) is 23.7 Å². The van der Waals surface area contributed by atoms with Crippen molar-refractivity contribution < 1.29 is 0 Å². The van der Waals surface area contributed by atoms with Gasteiger partial charge in [0.25, 0.3) is 0 Å². The first kappa shape index (κ1) is 33.8. The fourth-order valence-corrected chi connectivity index (χ4v) is 14.4. The molecule has 0 unspecified atom stereocenters. The Bertz CT molecular complexity index is 3690. The molecule has 0 atom stereocenters. The highest BCUT2D eigenvalue weighted by atomic mass is 15.0. The van der Waals surface area contributed by atoms with Crippen molar-refractivity contribution in [2.24, 2.45) is 23.7 Å². The molecule has 62 heavy (non-hydrogen) atoms. The number of hydrogen-bond donors (Lipinski definition) is 0. The minimum absolute atomic E-state index is 0.105. The van der Waals surface area contributed by atoms with E-state index in [4.69, 9.17) is 0 Å². The standard InChI is InChI=1S/C60H44N2/c1-3-16-45-38(11-1)13-10-20-46(45)40-14-9-15-43(34-40)62-56-28-27-51-50-19-6-8-22-55(50)61(59(51)57(56)52-25-23-39-12-2-4-17-47(39)58(52)62)44-24-26-49-48-18-5-7-21-53(48)60(54(49)35-44)41-30-36-29-37(32-41)33-42(60)31-36/h1-28,34-37,41-42H,29-33H2. The molecule has 2 heterocycles. The summed E-state index contributed by atoms with van der Waals surface area (Å²) in [6.45, 7) is 0. The van der Waals surface area contributed by atoms with Gasteiger partial charge in [0.1, 0.15) is 0 Å². The van der Waals surface area contributed by atoms with Gasteiger partial charge in [-0.25, -0.2) is 0 Å². The van der Waals surface area contributed by atoms with E-state index in [9.17, 15) is 0 Å². The Balaban J connectivity index is 1.04. The summed E-state index contributed by atoms with van der Waals surface area (Å²) in [4.78, 5) is 0. The Labute approximate surface area is 360 Å². The van der Waals surface area contributed by atoms with Gasteiger partial charge in [0.05, 0.1) is 22.1 Å². The summed E-state index contributed by atoms with van der Waals surface area (Å²) in [5.74, 6) is 3.26. The highest BCUT2D eigenvalue weighted by molar-refractivity contribution is 6.29. The molecule has 4 fully saturated rings. The molecule has 11 aromatic rings. The van der Waals surface area contributed by atoms with Crippen LogP contribution in [0.25, 0.3) is 98.8 Å². The van der Waals surface area contributed by atoms with Crippen LogP contribution in [0.5, 0.6) is 0 Å². The Morgan fingerprint density at radius 3 is 1.85 bits per heavy atom. The molecule has 0 radical (unpaired) electrons. The topological polar surface area (TPSA) is 9.86 Å². The number of nitrogens with zero attached hydrogens (tertiary/aromatic N) is 2. The number of para-hydroxylation sites is 1. The molecule has 2 nitrogen and oxygen atoms in total. The molecule has 0 saturated heterocycles. The van der Waals surface area contributed by atoms with Gasteiger partial charge in [0, 0.05) is 43.7 Å². The predicted octanol–water partition coefficient (Wildman–Crippen LogP) is 15.6. The number of aromatic nitrogens is 2. The molecule has 2 aromatic heterocycles. The Kier molecular flexibility index (Phi) is 6.61. The molecule has 2 heteroatoms. The fourth-order valence-electron chi connectivity index (χ4n) is 14.4. The van der Waals surface area contributed by atoms with Gasteiger partial charge in [-0.1, -0.05) is 146 Å². The molecule has 0 amide bonds. The van der Waals surface area contributed by atoms with Gasteiger partial charge in [-0.05, 0) is 142 Å². The molecule has 4 bridgehead atoms. The predicted molar refractivity (Wildman–Crippen MR) is 259 cm³/mol. The van der Waals surface area contributed by atoms with Gasteiger partial charge in [0.15, 0.2) is 0 Å². The SMILES string of the molecule is c1cc(-c2cccc3ccccc23)cc(-n2c3ccc4c5ccccc5n(-c5ccc6c(c5)C5(c7ccccc7-6)C6CC7CC(C6)CC5C7)c4c3c3ccc4ccccc4c32)c1. The molecular weight excluding hydrogens is 749 g/mol. The molecule has 294 valence electrons. The highest BCUT2D eigenvalue weighted by Gasteiger charge is 2.61. The van der Waals surface area contributed by atoms with E-state index >= 15 is 0 Å². The minimum atomic E-state index is 0.105. The smallest absolute Gasteiger partial charge is 0.0641 e. The van der Waals surface area contributed by atoms with Crippen LogP contribution in [0.15, 0.2) is 182 Å². The summed E-state index contributed by atoms with van der Waals surface area (Å²) in [5.41, 5.74) is 16.3. The molecule has 16 rings (SSSR count). The Hall–Kier alpha value is -6.90. The fraction of sp³-hybridized carbons (Fsp3) is 0.167. The zero-order valence-corrected chi connectivity index (χ0v) is 34.6. The summed E-state index contributed by atoms with van der Waals surface area (Å²) in [6.07, 6.45) is 7.00. The molecular formula is C60H44N2. The van der Waals surface area contributed by atoms with Crippen LogP contribution in [-0.2, 0) is 5.41 Å². The van der Waals surface area contributed by atoms with Crippen molar-refractivity contribution in [3.63, 3.8) is 0 Å². The summed E-state index contributed by atoms with van der Waals surface area (Å²) in [7, 11) is 0. The average Bonchev–Trinajstić information content (AvgIpc) is 3.95. The number of hydrogen-bond acceptors (Lipinski definition) is 0. The monoisotopic (exact) mass is 792 g/mol. The third kappa shape index (κ3) is 4.25. The summed E-state index contributed by atoms with van der Waals surface area (Å²) < 4.78 is 5.21. The second-order valence-corrected chi connectivity index (χ2v) is 19.3. The number of benzene rings is 9. The summed E-state index contributed by atoms with van der Waals surface area (Å²) in [6, 6.07) is 69.4. The molecule has 4 saturated carbocycles. The van der Waals surface area contributed by atoms with Crippen LogP contribution in [0.4, 0.5) is 0 Å². The van der Waals surface area contributed by atoms with E-state index in [-0.39, 0.29) is 5.41 Å². The first-order chi connectivity index (χ1) is 30.7. The van der Waals surface area contributed by atoms with E-state index in [2.05, 4.69) is 191 Å². The molecule has 5 aliphatic rings. The van der Waals surface area contributed by atoms with Crippen molar-refractivity contribution >= 4 is 65.2 Å². The minimum Gasteiger partial charge on any atom is -0.309 e. The van der Waals surface area contributed by atoms with Crippen molar-refractivity contribution in [2.75, 3.05) is 0 Å². The lowest BCUT2D eigenvalue weighted by atomic mass is 9.43. The van der Waals surface area contributed by atoms with Crippen molar-refractivity contribution in [1.82, 2.24) is 9.13 Å².